The van der Waals surface area contributed by atoms with Crippen LogP contribution in [0.5, 0.6) is 5.75 Å². The standard InChI is InChI=1S/C24H21ClN2O3/c1-14-7-10-22-21(11-14)27-24(30-22)18-5-4-6-20(16(18)3)26-23(28)13-29-17-8-9-19(25)15(2)12-17/h4-12H,13H2,1-3H3,(H,26,28). The molecule has 0 unspecified atom stereocenters. The number of amides is 1. The topological polar surface area (TPSA) is 64.4 Å². The van der Waals surface area contributed by atoms with E-state index in [1.54, 1.807) is 18.2 Å². The summed E-state index contributed by atoms with van der Waals surface area (Å²) >= 11 is 6.02. The zero-order valence-electron chi connectivity index (χ0n) is 17.0. The lowest BCUT2D eigenvalue weighted by atomic mass is 10.1. The van der Waals surface area contributed by atoms with E-state index in [0.29, 0.717) is 22.4 Å². The zero-order valence-corrected chi connectivity index (χ0v) is 17.7. The van der Waals surface area contributed by atoms with Crippen molar-refractivity contribution in [2.75, 3.05) is 11.9 Å². The van der Waals surface area contributed by atoms with Crippen molar-refractivity contribution >= 4 is 34.3 Å². The average molecular weight is 421 g/mol. The minimum Gasteiger partial charge on any atom is -0.484 e. The maximum absolute atomic E-state index is 12.4. The number of hydrogen-bond donors (Lipinski definition) is 1. The molecule has 0 aliphatic heterocycles. The molecule has 4 aromatic rings. The largest absolute Gasteiger partial charge is 0.484 e. The van der Waals surface area contributed by atoms with Gasteiger partial charge in [0.25, 0.3) is 5.91 Å². The number of hydrogen-bond acceptors (Lipinski definition) is 4. The first-order valence-corrected chi connectivity index (χ1v) is 9.94. The predicted octanol–water partition coefficient (Wildman–Crippen LogP) is 6.09. The van der Waals surface area contributed by atoms with Gasteiger partial charge in [-0.25, -0.2) is 4.98 Å². The molecule has 0 aliphatic rings. The van der Waals surface area contributed by atoms with Crippen molar-refractivity contribution in [1.29, 1.82) is 0 Å². The molecular weight excluding hydrogens is 400 g/mol. The molecule has 0 saturated carbocycles. The fourth-order valence-electron chi connectivity index (χ4n) is 3.20. The minimum atomic E-state index is -0.254. The second kappa shape index (κ2) is 8.20. The number of fused-ring (bicyclic) bond motifs is 1. The lowest BCUT2D eigenvalue weighted by Gasteiger charge is -2.12. The predicted molar refractivity (Wildman–Crippen MR) is 119 cm³/mol. The van der Waals surface area contributed by atoms with Gasteiger partial charge in [0.2, 0.25) is 5.89 Å². The van der Waals surface area contributed by atoms with Gasteiger partial charge in [-0.1, -0.05) is 23.7 Å². The summed E-state index contributed by atoms with van der Waals surface area (Å²) in [5.41, 5.74) is 5.95. The van der Waals surface area contributed by atoms with E-state index in [0.717, 1.165) is 33.4 Å². The molecule has 5 nitrogen and oxygen atoms in total. The van der Waals surface area contributed by atoms with Crippen LogP contribution in [0.1, 0.15) is 16.7 Å². The highest BCUT2D eigenvalue weighted by atomic mass is 35.5. The number of oxazole rings is 1. The molecule has 0 aliphatic carbocycles. The number of nitrogens with zero attached hydrogens (tertiary/aromatic N) is 1. The fourth-order valence-corrected chi connectivity index (χ4v) is 3.32. The first kappa shape index (κ1) is 20.0. The minimum absolute atomic E-state index is 0.104. The highest BCUT2D eigenvalue weighted by molar-refractivity contribution is 6.31. The van der Waals surface area contributed by atoms with Crippen LogP contribution in [0.25, 0.3) is 22.6 Å². The normalized spacial score (nSPS) is 10.9. The molecule has 30 heavy (non-hydrogen) atoms. The molecule has 4 rings (SSSR count). The summed E-state index contributed by atoms with van der Waals surface area (Å²) in [4.78, 5) is 17.0. The van der Waals surface area contributed by atoms with E-state index in [2.05, 4.69) is 10.3 Å². The number of carbonyl (C=O) groups is 1. The van der Waals surface area contributed by atoms with Crippen LogP contribution in [-0.4, -0.2) is 17.5 Å². The van der Waals surface area contributed by atoms with Crippen molar-refractivity contribution in [1.82, 2.24) is 4.98 Å². The Kier molecular flexibility index (Phi) is 5.46. The molecule has 1 N–H and O–H groups in total. The Balaban J connectivity index is 1.50. The van der Waals surface area contributed by atoms with E-state index in [1.165, 1.54) is 0 Å². The molecule has 6 heteroatoms. The lowest BCUT2D eigenvalue weighted by molar-refractivity contribution is -0.118. The summed E-state index contributed by atoms with van der Waals surface area (Å²) in [5.74, 6) is 0.868. The Labute approximate surface area is 179 Å². The van der Waals surface area contributed by atoms with Gasteiger partial charge in [-0.3, -0.25) is 4.79 Å². The number of carbonyl (C=O) groups excluding carboxylic acids is 1. The zero-order chi connectivity index (χ0) is 21.3. The quantitative estimate of drug-likeness (QED) is 0.424. The van der Waals surface area contributed by atoms with E-state index < -0.39 is 0 Å². The van der Waals surface area contributed by atoms with Gasteiger partial charge in [0.1, 0.15) is 11.3 Å². The molecule has 0 fully saturated rings. The molecule has 152 valence electrons. The van der Waals surface area contributed by atoms with Crippen LogP contribution < -0.4 is 10.1 Å². The molecule has 1 aromatic heterocycles. The molecule has 0 saturated heterocycles. The van der Waals surface area contributed by atoms with Gasteiger partial charge in [-0.05, 0) is 79.9 Å². The number of aromatic nitrogens is 1. The van der Waals surface area contributed by atoms with E-state index >= 15 is 0 Å². The van der Waals surface area contributed by atoms with Crippen LogP contribution in [0.4, 0.5) is 5.69 Å². The molecule has 0 bridgehead atoms. The van der Waals surface area contributed by atoms with Crippen LogP contribution >= 0.6 is 11.6 Å². The molecule has 3 aromatic carbocycles. The molecule has 0 radical (unpaired) electrons. The molecule has 0 atom stereocenters. The number of aryl methyl sites for hydroxylation is 2. The van der Waals surface area contributed by atoms with Crippen molar-refractivity contribution in [3.05, 3.63) is 76.3 Å². The van der Waals surface area contributed by atoms with Crippen LogP contribution in [0.15, 0.2) is 59.0 Å². The Bertz CT molecular complexity index is 1250. The monoisotopic (exact) mass is 420 g/mol. The number of rotatable bonds is 5. The summed E-state index contributed by atoms with van der Waals surface area (Å²) in [6.07, 6.45) is 0. The average Bonchev–Trinajstić information content (AvgIpc) is 3.13. The van der Waals surface area contributed by atoms with Crippen molar-refractivity contribution in [2.24, 2.45) is 0 Å². The second-order valence-corrected chi connectivity index (χ2v) is 7.62. The smallest absolute Gasteiger partial charge is 0.262 e. The van der Waals surface area contributed by atoms with Crippen molar-refractivity contribution in [2.45, 2.75) is 20.8 Å². The summed E-state index contributed by atoms with van der Waals surface area (Å²) in [6, 6.07) is 16.8. The number of nitrogens with one attached hydrogen (secondary N) is 1. The van der Waals surface area contributed by atoms with E-state index in [1.807, 2.05) is 57.2 Å². The maximum Gasteiger partial charge on any atom is 0.262 e. The van der Waals surface area contributed by atoms with E-state index in [-0.39, 0.29) is 12.5 Å². The Morgan fingerprint density at radius 3 is 2.73 bits per heavy atom. The third-order valence-corrected chi connectivity index (χ3v) is 5.30. The van der Waals surface area contributed by atoms with E-state index in [9.17, 15) is 4.79 Å². The first-order valence-electron chi connectivity index (χ1n) is 9.57. The molecule has 1 amide bonds. The van der Waals surface area contributed by atoms with Crippen LogP contribution in [0.3, 0.4) is 0 Å². The Hall–Kier alpha value is -3.31. The van der Waals surface area contributed by atoms with Gasteiger partial charge >= 0.3 is 0 Å². The first-order chi connectivity index (χ1) is 14.4. The van der Waals surface area contributed by atoms with Crippen LogP contribution in [-0.2, 0) is 4.79 Å². The van der Waals surface area contributed by atoms with Gasteiger partial charge in [0.05, 0.1) is 0 Å². The molecule has 0 spiro atoms. The van der Waals surface area contributed by atoms with Crippen molar-refractivity contribution in [3.8, 4) is 17.2 Å². The Morgan fingerprint density at radius 2 is 1.93 bits per heavy atom. The molecule has 1 heterocycles. The fraction of sp³-hybridized carbons (Fsp3) is 0.167. The summed E-state index contributed by atoms with van der Waals surface area (Å²) in [5, 5.41) is 3.56. The van der Waals surface area contributed by atoms with Gasteiger partial charge in [-0.15, -0.1) is 0 Å². The van der Waals surface area contributed by atoms with Gasteiger partial charge in [-0.2, -0.15) is 0 Å². The molecular formula is C24H21ClN2O3. The third kappa shape index (κ3) is 4.16. The maximum atomic E-state index is 12.4. The number of benzene rings is 3. The second-order valence-electron chi connectivity index (χ2n) is 7.22. The summed E-state index contributed by atoms with van der Waals surface area (Å²) in [7, 11) is 0. The summed E-state index contributed by atoms with van der Waals surface area (Å²) in [6.45, 7) is 5.72. The highest BCUT2D eigenvalue weighted by Gasteiger charge is 2.14. The third-order valence-electron chi connectivity index (χ3n) is 4.88. The summed E-state index contributed by atoms with van der Waals surface area (Å²) < 4.78 is 11.5. The van der Waals surface area contributed by atoms with Gasteiger partial charge in [0, 0.05) is 16.3 Å². The van der Waals surface area contributed by atoms with Crippen LogP contribution in [0.2, 0.25) is 5.02 Å². The number of ether oxygens (including phenoxy) is 1. The lowest BCUT2D eigenvalue weighted by Crippen LogP contribution is -2.20. The van der Waals surface area contributed by atoms with Crippen molar-refractivity contribution in [3.63, 3.8) is 0 Å². The number of anilines is 1. The van der Waals surface area contributed by atoms with Crippen LogP contribution in [0, 0.1) is 20.8 Å². The van der Waals surface area contributed by atoms with Crippen molar-refractivity contribution < 1.29 is 13.9 Å². The van der Waals surface area contributed by atoms with E-state index in [4.69, 9.17) is 20.8 Å². The van der Waals surface area contributed by atoms with Gasteiger partial charge < -0.3 is 14.5 Å². The highest BCUT2D eigenvalue weighted by Crippen LogP contribution is 2.31. The number of halogens is 1. The SMILES string of the molecule is Cc1ccc2oc(-c3cccc(NC(=O)COc4ccc(Cl)c(C)c4)c3C)nc2c1. The van der Waals surface area contributed by atoms with Gasteiger partial charge in [0.15, 0.2) is 12.2 Å². The Morgan fingerprint density at radius 1 is 1.10 bits per heavy atom.